The number of ether oxygens (including phenoxy) is 2. The fourth-order valence-electron chi connectivity index (χ4n) is 3.63. The lowest BCUT2D eigenvalue weighted by Crippen LogP contribution is -2.31. The van der Waals surface area contributed by atoms with E-state index in [0.717, 1.165) is 22.4 Å². The summed E-state index contributed by atoms with van der Waals surface area (Å²) < 4.78 is 11.2. The number of aromatic nitrogens is 2. The van der Waals surface area contributed by atoms with Crippen molar-refractivity contribution in [3.63, 3.8) is 0 Å². The maximum absolute atomic E-state index is 13.1. The predicted molar refractivity (Wildman–Crippen MR) is 114 cm³/mol. The maximum atomic E-state index is 13.1. The van der Waals surface area contributed by atoms with Gasteiger partial charge in [-0.15, -0.1) is 0 Å². The van der Waals surface area contributed by atoms with Crippen LogP contribution in [0.4, 0.5) is 0 Å². The first-order valence-corrected chi connectivity index (χ1v) is 9.95. The minimum absolute atomic E-state index is 0.187. The summed E-state index contributed by atoms with van der Waals surface area (Å²) in [7, 11) is 0. The molecule has 0 fully saturated rings. The predicted octanol–water partition coefficient (Wildman–Crippen LogP) is 4.05. The van der Waals surface area contributed by atoms with E-state index in [4.69, 9.17) is 14.5 Å². The summed E-state index contributed by atoms with van der Waals surface area (Å²) in [5.41, 5.74) is 3.46. The molecule has 6 nitrogen and oxygen atoms in total. The average Bonchev–Trinajstić information content (AvgIpc) is 3.23. The molecule has 1 amide bonds. The van der Waals surface area contributed by atoms with Crippen molar-refractivity contribution in [2.75, 3.05) is 13.2 Å². The minimum Gasteiger partial charge on any atom is -0.486 e. The van der Waals surface area contributed by atoms with Gasteiger partial charge in [0.05, 0.1) is 17.1 Å². The van der Waals surface area contributed by atoms with Crippen LogP contribution in [0.5, 0.6) is 11.5 Å². The van der Waals surface area contributed by atoms with Crippen molar-refractivity contribution < 1.29 is 14.3 Å². The van der Waals surface area contributed by atoms with Gasteiger partial charge >= 0.3 is 0 Å². The number of benzene rings is 3. The Morgan fingerprint density at radius 2 is 1.73 bits per heavy atom. The maximum Gasteiger partial charge on any atom is 0.252 e. The highest BCUT2D eigenvalue weighted by Crippen LogP contribution is 2.31. The highest BCUT2D eigenvalue weighted by atomic mass is 16.6. The number of H-pyrrole nitrogens is 1. The molecule has 0 saturated carbocycles. The van der Waals surface area contributed by atoms with Gasteiger partial charge in [-0.2, -0.15) is 0 Å². The van der Waals surface area contributed by atoms with Crippen LogP contribution in [0.2, 0.25) is 0 Å². The molecule has 6 heteroatoms. The van der Waals surface area contributed by atoms with E-state index >= 15 is 0 Å². The largest absolute Gasteiger partial charge is 0.486 e. The van der Waals surface area contributed by atoms with Crippen molar-refractivity contribution in [2.45, 2.75) is 12.5 Å². The molecule has 30 heavy (non-hydrogen) atoms. The van der Waals surface area contributed by atoms with Crippen molar-refractivity contribution in [3.05, 3.63) is 89.7 Å². The SMILES string of the molecule is O=C(NC(Cc1ccccc1)c1nc2ccccc2[nH]1)c1ccc2c(c1)OCCO2. The molecule has 150 valence electrons. The fourth-order valence-corrected chi connectivity index (χ4v) is 3.63. The number of imidazole rings is 1. The molecular formula is C24H21N3O3. The zero-order valence-electron chi connectivity index (χ0n) is 16.3. The van der Waals surface area contributed by atoms with Gasteiger partial charge in [0.25, 0.3) is 5.91 Å². The summed E-state index contributed by atoms with van der Waals surface area (Å²) in [5, 5.41) is 3.14. The van der Waals surface area contributed by atoms with Crippen molar-refractivity contribution in [3.8, 4) is 11.5 Å². The molecule has 2 N–H and O–H groups in total. The third kappa shape index (κ3) is 3.72. The zero-order valence-corrected chi connectivity index (χ0v) is 16.3. The highest BCUT2D eigenvalue weighted by molar-refractivity contribution is 5.95. The Bertz CT molecular complexity index is 1150. The highest BCUT2D eigenvalue weighted by Gasteiger charge is 2.21. The first-order valence-electron chi connectivity index (χ1n) is 9.95. The third-order valence-corrected chi connectivity index (χ3v) is 5.13. The van der Waals surface area contributed by atoms with Crippen LogP contribution in [-0.2, 0) is 6.42 Å². The molecule has 1 aliphatic rings. The summed E-state index contributed by atoms with van der Waals surface area (Å²) in [6.45, 7) is 0.997. The Labute approximate surface area is 173 Å². The van der Waals surface area contributed by atoms with Crippen molar-refractivity contribution in [2.24, 2.45) is 0 Å². The number of amides is 1. The molecule has 1 atom stereocenters. The Morgan fingerprint density at radius 1 is 0.967 bits per heavy atom. The Balaban J connectivity index is 1.44. The van der Waals surface area contributed by atoms with E-state index in [1.54, 1.807) is 18.2 Å². The number of nitrogens with one attached hydrogen (secondary N) is 2. The Kier molecular flexibility index (Phi) is 4.81. The van der Waals surface area contributed by atoms with Crippen LogP contribution in [0.25, 0.3) is 11.0 Å². The van der Waals surface area contributed by atoms with E-state index in [-0.39, 0.29) is 11.9 Å². The van der Waals surface area contributed by atoms with Crippen molar-refractivity contribution in [1.82, 2.24) is 15.3 Å². The number of hydrogen-bond acceptors (Lipinski definition) is 4. The summed E-state index contributed by atoms with van der Waals surface area (Å²) in [6.07, 6.45) is 0.622. The van der Waals surface area contributed by atoms with E-state index in [1.807, 2.05) is 54.6 Å². The number of carbonyl (C=O) groups excluding carboxylic acids is 1. The van der Waals surface area contributed by atoms with Gasteiger partial charge in [-0.25, -0.2) is 4.98 Å². The van der Waals surface area contributed by atoms with Crippen LogP contribution in [0, 0.1) is 0 Å². The Morgan fingerprint density at radius 3 is 2.57 bits per heavy atom. The average molecular weight is 399 g/mol. The van der Waals surface area contributed by atoms with Gasteiger partial charge in [0.15, 0.2) is 11.5 Å². The molecule has 0 spiro atoms. The van der Waals surface area contributed by atoms with Crippen LogP contribution < -0.4 is 14.8 Å². The van der Waals surface area contributed by atoms with Crippen molar-refractivity contribution >= 4 is 16.9 Å². The second kappa shape index (κ2) is 7.91. The summed E-state index contributed by atoms with van der Waals surface area (Å²) >= 11 is 0. The van der Waals surface area contributed by atoms with Crippen molar-refractivity contribution in [1.29, 1.82) is 0 Å². The number of nitrogens with zero attached hydrogens (tertiary/aromatic N) is 1. The smallest absolute Gasteiger partial charge is 0.252 e. The molecular weight excluding hydrogens is 378 g/mol. The standard InChI is InChI=1S/C24H21N3O3/c28-24(17-10-11-21-22(15-17)30-13-12-29-21)27-20(14-16-6-2-1-3-7-16)23-25-18-8-4-5-9-19(18)26-23/h1-11,15,20H,12-14H2,(H,25,26)(H,27,28). The zero-order chi connectivity index (χ0) is 20.3. The van der Waals surface area contributed by atoms with Gasteiger partial charge in [-0.3, -0.25) is 4.79 Å². The monoisotopic (exact) mass is 399 g/mol. The molecule has 0 aliphatic carbocycles. The van der Waals surface area contributed by atoms with E-state index < -0.39 is 0 Å². The molecule has 2 heterocycles. The van der Waals surface area contributed by atoms with Gasteiger partial charge in [-0.05, 0) is 42.3 Å². The molecule has 0 saturated heterocycles. The quantitative estimate of drug-likeness (QED) is 0.531. The van der Waals surface area contributed by atoms with Crippen LogP contribution in [-0.4, -0.2) is 29.1 Å². The van der Waals surface area contributed by atoms with Gasteiger partial charge in [0, 0.05) is 5.56 Å². The number of carbonyl (C=O) groups is 1. The van der Waals surface area contributed by atoms with Crippen LogP contribution in [0.15, 0.2) is 72.8 Å². The van der Waals surface area contributed by atoms with Crippen LogP contribution >= 0.6 is 0 Å². The van der Waals surface area contributed by atoms with Crippen LogP contribution in [0.3, 0.4) is 0 Å². The Hall–Kier alpha value is -3.80. The first-order chi connectivity index (χ1) is 14.8. The van der Waals surface area contributed by atoms with Gasteiger partial charge in [-0.1, -0.05) is 42.5 Å². The lowest BCUT2D eigenvalue weighted by atomic mass is 10.0. The first kappa shape index (κ1) is 18.2. The molecule has 4 aromatic rings. The normalized spacial score (nSPS) is 13.7. The number of hydrogen-bond donors (Lipinski definition) is 2. The number of fused-ring (bicyclic) bond motifs is 2. The summed E-state index contributed by atoms with van der Waals surface area (Å²) in [4.78, 5) is 21.1. The molecule has 1 aliphatic heterocycles. The number of rotatable bonds is 5. The third-order valence-electron chi connectivity index (χ3n) is 5.13. The lowest BCUT2D eigenvalue weighted by Gasteiger charge is -2.20. The molecule has 5 rings (SSSR count). The second-order valence-electron chi connectivity index (χ2n) is 7.21. The molecule has 0 bridgehead atoms. The lowest BCUT2D eigenvalue weighted by molar-refractivity contribution is 0.0933. The van der Waals surface area contributed by atoms with E-state index in [9.17, 15) is 4.79 Å². The van der Waals surface area contributed by atoms with Gasteiger partial charge in [0.1, 0.15) is 19.0 Å². The van der Waals surface area contributed by atoms with E-state index in [2.05, 4.69) is 10.3 Å². The summed E-state index contributed by atoms with van der Waals surface area (Å²) in [6, 6.07) is 22.9. The summed E-state index contributed by atoms with van der Waals surface area (Å²) in [5.74, 6) is 1.80. The van der Waals surface area contributed by atoms with Crippen LogP contribution in [0.1, 0.15) is 27.8 Å². The molecule has 1 unspecified atom stereocenters. The van der Waals surface area contributed by atoms with Gasteiger partial charge in [0.2, 0.25) is 0 Å². The van der Waals surface area contributed by atoms with E-state index in [0.29, 0.717) is 36.7 Å². The minimum atomic E-state index is -0.305. The molecule has 0 radical (unpaired) electrons. The molecule has 3 aromatic carbocycles. The van der Waals surface area contributed by atoms with E-state index in [1.165, 1.54) is 0 Å². The number of aromatic amines is 1. The van der Waals surface area contributed by atoms with Gasteiger partial charge < -0.3 is 19.8 Å². The second-order valence-corrected chi connectivity index (χ2v) is 7.21. The topological polar surface area (TPSA) is 76.2 Å². The fraction of sp³-hybridized carbons (Fsp3) is 0.167. The molecule has 1 aromatic heterocycles. The number of para-hydroxylation sites is 2.